The van der Waals surface area contributed by atoms with E-state index < -0.39 is 0 Å². The predicted molar refractivity (Wildman–Crippen MR) is 80.4 cm³/mol. The molecule has 0 atom stereocenters. The van der Waals surface area contributed by atoms with E-state index in [1.165, 1.54) is 0 Å². The van der Waals surface area contributed by atoms with Gasteiger partial charge in [-0.2, -0.15) is 0 Å². The number of fused-ring (bicyclic) bond motifs is 1. The third kappa shape index (κ3) is 2.71. The minimum absolute atomic E-state index is 0.0310. The topological polar surface area (TPSA) is 36.4 Å². The van der Waals surface area contributed by atoms with Gasteiger partial charge in [-0.25, -0.2) is 4.98 Å². The Bertz CT molecular complexity index is 551. The first-order chi connectivity index (χ1) is 9.19. The third-order valence-electron chi connectivity index (χ3n) is 3.39. The number of benzene rings is 1. The van der Waals surface area contributed by atoms with Crippen molar-refractivity contribution >= 4 is 16.6 Å². The molecule has 3 heteroatoms. The lowest BCUT2D eigenvalue weighted by Crippen LogP contribution is -2.32. The summed E-state index contributed by atoms with van der Waals surface area (Å²) in [6.45, 7) is 7.58. The molecule has 3 nitrogen and oxygen atoms in total. The highest BCUT2D eigenvalue weighted by atomic mass is 16.3. The van der Waals surface area contributed by atoms with E-state index in [0.717, 1.165) is 35.1 Å². The summed E-state index contributed by atoms with van der Waals surface area (Å²) in [5.74, 6) is 1.02. The molecule has 1 aromatic heterocycles. The molecule has 0 bridgehead atoms. The van der Waals surface area contributed by atoms with Crippen LogP contribution in [-0.2, 0) is 6.61 Å². The Balaban J connectivity index is 2.60. The largest absolute Gasteiger partial charge is 0.392 e. The zero-order valence-electron chi connectivity index (χ0n) is 11.9. The second kappa shape index (κ2) is 6.02. The molecule has 0 aliphatic rings. The molecule has 0 spiro atoms. The number of hydrogen-bond acceptors (Lipinski definition) is 3. The molecular weight excluding hydrogens is 236 g/mol. The maximum absolute atomic E-state index is 9.42. The van der Waals surface area contributed by atoms with Gasteiger partial charge in [0.1, 0.15) is 5.82 Å². The van der Waals surface area contributed by atoms with Crippen molar-refractivity contribution in [3.8, 4) is 0 Å². The van der Waals surface area contributed by atoms with E-state index >= 15 is 0 Å². The Labute approximate surface area is 114 Å². The quantitative estimate of drug-likeness (QED) is 0.893. The van der Waals surface area contributed by atoms with Crippen molar-refractivity contribution in [3.05, 3.63) is 36.0 Å². The first kappa shape index (κ1) is 13.8. The van der Waals surface area contributed by atoms with Crippen molar-refractivity contribution in [2.75, 3.05) is 11.4 Å². The van der Waals surface area contributed by atoms with Crippen molar-refractivity contribution < 1.29 is 5.11 Å². The summed E-state index contributed by atoms with van der Waals surface area (Å²) in [4.78, 5) is 6.91. The summed E-state index contributed by atoms with van der Waals surface area (Å²) in [7, 11) is 0. The second-order valence-corrected chi connectivity index (χ2v) is 5.10. The Morgan fingerprint density at radius 1 is 1.21 bits per heavy atom. The summed E-state index contributed by atoms with van der Waals surface area (Å²) in [5.41, 5.74) is 0.888. The summed E-state index contributed by atoms with van der Waals surface area (Å²) in [5, 5.41) is 11.6. The number of hydrogen-bond donors (Lipinski definition) is 1. The molecule has 0 fully saturated rings. The molecule has 0 saturated carbocycles. The summed E-state index contributed by atoms with van der Waals surface area (Å²) in [6.07, 6.45) is 2.89. The SMILES string of the molecule is CCCN(c1ncc(CO)c2ccccc12)C(C)C. The third-order valence-corrected chi connectivity index (χ3v) is 3.39. The van der Waals surface area contributed by atoms with Crippen molar-refractivity contribution in [1.29, 1.82) is 0 Å². The number of aromatic nitrogens is 1. The lowest BCUT2D eigenvalue weighted by atomic mass is 10.1. The molecular formula is C16H22N2O. The van der Waals surface area contributed by atoms with Gasteiger partial charge in [-0.3, -0.25) is 0 Å². The summed E-state index contributed by atoms with van der Waals surface area (Å²) >= 11 is 0. The van der Waals surface area contributed by atoms with Gasteiger partial charge < -0.3 is 10.0 Å². The van der Waals surface area contributed by atoms with Crippen LogP contribution in [0.4, 0.5) is 5.82 Å². The fraction of sp³-hybridized carbons (Fsp3) is 0.438. The minimum atomic E-state index is 0.0310. The zero-order chi connectivity index (χ0) is 13.8. The van der Waals surface area contributed by atoms with E-state index in [1.54, 1.807) is 6.20 Å². The van der Waals surface area contributed by atoms with Gasteiger partial charge in [0.15, 0.2) is 0 Å². The molecule has 0 saturated heterocycles. The first-order valence-corrected chi connectivity index (χ1v) is 6.93. The average Bonchev–Trinajstić information content (AvgIpc) is 2.43. The van der Waals surface area contributed by atoms with Crippen LogP contribution < -0.4 is 4.90 Å². The van der Waals surface area contributed by atoms with Gasteiger partial charge in [0, 0.05) is 29.7 Å². The summed E-state index contributed by atoms with van der Waals surface area (Å²) < 4.78 is 0. The molecule has 1 heterocycles. The number of aliphatic hydroxyl groups excluding tert-OH is 1. The van der Waals surface area contributed by atoms with Gasteiger partial charge in [-0.05, 0) is 25.7 Å². The normalized spacial score (nSPS) is 11.2. The van der Waals surface area contributed by atoms with Gasteiger partial charge >= 0.3 is 0 Å². The maximum Gasteiger partial charge on any atom is 0.136 e. The number of pyridine rings is 1. The Hall–Kier alpha value is -1.61. The monoisotopic (exact) mass is 258 g/mol. The highest BCUT2D eigenvalue weighted by molar-refractivity contribution is 5.94. The number of rotatable bonds is 5. The zero-order valence-corrected chi connectivity index (χ0v) is 11.9. The van der Waals surface area contributed by atoms with Gasteiger partial charge in [-0.15, -0.1) is 0 Å². The average molecular weight is 258 g/mol. The van der Waals surface area contributed by atoms with Crippen molar-refractivity contribution in [1.82, 2.24) is 4.98 Å². The van der Waals surface area contributed by atoms with E-state index in [4.69, 9.17) is 0 Å². The molecule has 0 unspecified atom stereocenters. The van der Waals surface area contributed by atoms with Gasteiger partial charge in [0.2, 0.25) is 0 Å². The lowest BCUT2D eigenvalue weighted by molar-refractivity contribution is 0.283. The maximum atomic E-state index is 9.42. The van der Waals surface area contributed by atoms with Crippen LogP contribution >= 0.6 is 0 Å². The smallest absolute Gasteiger partial charge is 0.136 e. The van der Waals surface area contributed by atoms with Crippen LogP contribution in [0.1, 0.15) is 32.8 Å². The first-order valence-electron chi connectivity index (χ1n) is 6.93. The molecule has 102 valence electrons. The Kier molecular flexibility index (Phi) is 4.38. The molecule has 2 aromatic rings. The predicted octanol–water partition coefficient (Wildman–Crippen LogP) is 3.35. The number of anilines is 1. The van der Waals surface area contributed by atoms with E-state index in [9.17, 15) is 5.11 Å². The highest BCUT2D eigenvalue weighted by Crippen LogP contribution is 2.28. The summed E-state index contributed by atoms with van der Waals surface area (Å²) in [6, 6.07) is 8.58. The van der Waals surface area contributed by atoms with Crippen LogP contribution in [-0.4, -0.2) is 22.7 Å². The molecule has 0 aliphatic heterocycles. The van der Waals surface area contributed by atoms with Crippen LogP contribution in [0.3, 0.4) is 0 Å². The molecule has 19 heavy (non-hydrogen) atoms. The molecule has 0 aliphatic carbocycles. The van der Waals surface area contributed by atoms with E-state index in [-0.39, 0.29) is 6.61 Å². The van der Waals surface area contributed by atoms with E-state index in [1.807, 2.05) is 12.1 Å². The van der Waals surface area contributed by atoms with Crippen LogP contribution in [0, 0.1) is 0 Å². The Morgan fingerprint density at radius 3 is 2.47 bits per heavy atom. The van der Waals surface area contributed by atoms with E-state index in [0.29, 0.717) is 6.04 Å². The van der Waals surface area contributed by atoms with Crippen molar-refractivity contribution in [2.24, 2.45) is 0 Å². The molecule has 0 amide bonds. The molecule has 1 N–H and O–H groups in total. The van der Waals surface area contributed by atoms with Gasteiger partial charge in [-0.1, -0.05) is 31.2 Å². The van der Waals surface area contributed by atoms with E-state index in [2.05, 4.69) is 42.8 Å². The van der Waals surface area contributed by atoms with Crippen LogP contribution in [0.25, 0.3) is 10.8 Å². The van der Waals surface area contributed by atoms with Gasteiger partial charge in [0.25, 0.3) is 0 Å². The fourth-order valence-corrected chi connectivity index (χ4v) is 2.44. The molecule has 0 radical (unpaired) electrons. The second-order valence-electron chi connectivity index (χ2n) is 5.10. The standard InChI is InChI=1S/C16H22N2O/c1-4-9-18(12(2)3)16-15-8-6-5-7-14(15)13(11-19)10-17-16/h5-8,10,12,19H,4,9,11H2,1-3H3. The Morgan fingerprint density at radius 2 is 1.89 bits per heavy atom. The van der Waals surface area contributed by atoms with Crippen molar-refractivity contribution in [2.45, 2.75) is 39.8 Å². The fourth-order valence-electron chi connectivity index (χ4n) is 2.44. The molecule has 1 aromatic carbocycles. The number of aliphatic hydroxyl groups is 1. The van der Waals surface area contributed by atoms with Gasteiger partial charge in [0.05, 0.1) is 6.61 Å². The minimum Gasteiger partial charge on any atom is -0.392 e. The van der Waals surface area contributed by atoms with Crippen molar-refractivity contribution in [3.63, 3.8) is 0 Å². The highest BCUT2D eigenvalue weighted by Gasteiger charge is 2.15. The molecule has 2 rings (SSSR count). The lowest BCUT2D eigenvalue weighted by Gasteiger charge is -2.29. The van der Waals surface area contributed by atoms with Crippen LogP contribution in [0.15, 0.2) is 30.5 Å². The van der Waals surface area contributed by atoms with Crippen LogP contribution in [0.5, 0.6) is 0 Å². The van der Waals surface area contributed by atoms with Crippen LogP contribution in [0.2, 0.25) is 0 Å². The number of nitrogens with zero attached hydrogens (tertiary/aromatic N) is 2.